The van der Waals surface area contributed by atoms with Crippen LogP contribution in [0.2, 0.25) is 0 Å². The van der Waals surface area contributed by atoms with Crippen molar-refractivity contribution in [3.8, 4) is 0 Å². The van der Waals surface area contributed by atoms with Crippen LogP contribution in [0, 0.1) is 5.92 Å². The number of sulfonamides is 1. The molecule has 1 aliphatic heterocycles. The molecule has 1 aliphatic rings. The van der Waals surface area contributed by atoms with Crippen molar-refractivity contribution >= 4 is 20.2 Å². The van der Waals surface area contributed by atoms with Crippen LogP contribution in [0.5, 0.6) is 0 Å². The molecule has 0 spiro atoms. The summed E-state index contributed by atoms with van der Waals surface area (Å²) >= 11 is 0. The lowest BCUT2D eigenvalue weighted by Gasteiger charge is -2.12. The van der Waals surface area contributed by atoms with Crippen molar-refractivity contribution in [1.82, 2.24) is 9.62 Å². The average Bonchev–Trinajstić information content (AvgIpc) is 2.82. The smallest absolute Gasteiger partial charge is 0.306 e. The number of hydrogen-bond donors (Lipinski definition) is 1. The highest BCUT2D eigenvalue weighted by molar-refractivity contribution is 7.89. The summed E-state index contributed by atoms with van der Waals surface area (Å²) < 4.78 is 61.2. The number of hydrogen-bond acceptors (Lipinski definition) is 5. The lowest BCUT2D eigenvalue weighted by atomic mass is 10.1. The minimum Gasteiger partial charge on any atom is -0.306 e. The van der Waals surface area contributed by atoms with Gasteiger partial charge in [0.2, 0.25) is 10.0 Å². The first-order valence-electron chi connectivity index (χ1n) is 6.41. The lowest BCUT2D eigenvalue weighted by molar-refractivity contribution is 0.394. The van der Waals surface area contributed by atoms with Gasteiger partial charge in [-0.15, -0.1) is 3.89 Å². The molecule has 0 aromatic heterocycles. The molecule has 0 aliphatic carbocycles. The van der Waals surface area contributed by atoms with Gasteiger partial charge in [0, 0.05) is 13.1 Å². The predicted octanol–water partition coefficient (Wildman–Crippen LogP) is 0.575. The number of likely N-dealkylation sites (tertiary alicyclic amines) is 1. The van der Waals surface area contributed by atoms with Gasteiger partial charge in [-0.05, 0) is 44.1 Å². The zero-order valence-electron chi connectivity index (χ0n) is 11.5. The van der Waals surface area contributed by atoms with Crippen molar-refractivity contribution in [3.05, 3.63) is 24.3 Å². The molecule has 1 aromatic carbocycles. The molecule has 0 bridgehead atoms. The molecule has 0 radical (unpaired) electrons. The Kier molecular flexibility index (Phi) is 4.66. The van der Waals surface area contributed by atoms with Crippen molar-refractivity contribution in [2.45, 2.75) is 16.2 Å². The van der Waals surface area contributed by atoms with Gasteiger partial charge in [-0.25, -0.2) is 13.1 Å². The highest BCUT2D eigenvalue weighted by Crippen LogP contribution is 2.18. The molecule has 1 atom stereocenters. The van der Waals surface area contributed by atoms with E-state index in [-0.39, 0.29) is 17.4 Å². The third-order valence-corrected chi connectivity index (χ3v) is 5.69. The minimum absolute atomic E-state index is 0.220. The van der Waals surface area contributed by atoms with E-state index in [4.69, 9.17) is 0 Å². The Balaban J connectivity index is 2.12. The normalized spacial score (nSPS) is 20.8. The van der Waals surface area contributed by atoms with Crippen LogP contribution >= 0.6 is 0 Å². The van der Waals surface area contributed by atoms with Crippen LogP contribution in [0.4, 0.5) is 3.89 Å². The summed E-state index contributed by atoms with van der Waals surface area (Å²) in [6.45, 7) is 2.00. The number of rotatable bonds is 5. The first kappa shape index (κ1) is 16.3. The fourth-order valence-corrected chi connectivity index (χ4v) is 4.04. The van der Waals surface area contributed by atoms with Gasteiger partial charge >= 0.3 is 10.2 Å². The van der Waals surface area contributed by atoms with Crippen LogP contribution in [-0.2, 0) is 20.2 Å². The Morgan fingerprint density at radius 3 is 2.52 bits per heavy atom. The second kappa shape index (κ2) is 5.99. The largest absolute Gasteiger partial charge is 0.332 e. The molecule has 1 saturated heterocycles. The molecular formula is C12H17FN2O4S2. The van der Waals surface area contributed by atoms with Crippen LogP contribution in [0.1, 0.15) is 6.42 Å². The maximum absolute atomic E-state index is 12.9. The van der Waals surface area contributed by atoms with Gasteiger partial charge in [0.05, 0.1) is 9.79 Å². The fourth-order valence-electron chi connectivity index (χ4n) is 2.30. The molecule has 1 N–H and O–H groups in total. The summed E-state index contributed by atoms with van der Waals surface area (Å²) in [6.07, 6.45) is 0.901. The van der Waals surface area contributed by atoms with Gasteiger partial charge in [0.1, 0.15) is 0 Å². The standard InChI is InChI=1S/C12H17FN2O4S2/c1-15-6-5-10(9-15)8-14-21(18,19)12-4-2-3-11(7-12)20(13,16)17/h2-4,7,10,14H,5-6,8-9H2,1H3. The number of nitrogens with zero attached hydrogens (tertiary/aromatic N) is 1. The Labute approximate surface area is 124 Å². The molecule has 6 nitrogen and oxygen atoms in total. The topological polar surface area (TPSA) is 83.6 Å². The maximum Gasteiger partial charge on any atom is 0.332 e. The predicted molar refractivity (Wildman–Crippen MR) is 75.5 cm³/mol. The van der Waals surface area contributed by atoms with Crippen molar-refractivity contribution in [3.63, 3.8) is 0 Å². The summed E-state index contributed by atoms with van der Waals surface area (Å²) in [6, 6.07) is 4.26. The van der Waals surface area contributed by atoms with E-state index in [2.05, 4.69) is 9.62 Å². The van der Waals surface area contributed by atoms with Gasteiger partial charge in [-0.3, -0.25) is 0 Å². The SMILES string of the molecule is CN1CCC(CNS(=O)(=O)c2cccc(S(=O)(=O)F)c2)C1. The van der Waals surface area contributed by atoms with E-state index in [1.54, 1.807) is 0 Å². The highest BCUT2D eigenvalue weighted by atomic mass is 32.3. The van der Waals surface area contributed by atoms with Gasteiger partial charge < -0.3 is 4.90 Å². The Bertz CT molecular complexity index is 719. The second-order valence-electron chi connectivity index (χ2n) is 5.18. The number of benzene rings is 1. The molecule has 1 unspecified atom stereocenters. The molecule has 1 heterocycles. The Morgan fingerprint density at radius 2 is 1.95 bits per heavy atom. The highest BCUT2D eigenvalue weighted by Gasteiger charge is 2.23. The van der Waals surface area contributed by atoms with Gasteiger partial charge in [0.15, 0.2) is 0 Å². The lowest BCUT2D eigenvalue weighted by Crippen LogP contribution is -2.30. The summed E-state index contributed by atoms with van der Waals surface area (Å²) in [5.41, 5.74) is 0. The molecule has 21 heavy (non-hydrogen) atoms. The summed E-state index contributed by atoms with van der Waals surface area (Å²) in [5, 5.41) is 0. The molecule has 118 valence electrons. The molecular weight excluding hydrogens is 319 g/mol. The molecule has 9 heteroatoms. The second-order valence-corrected chi connectivity index (χ2v) is 8.30. The summed E-state index contributed by atoms with van der Waals surface area (Å²) in [7, 11) is -6.81. The zero-order chi connectivity index (χ0) is 15.7. The van der Waals surface area contributed by atoms with Gasteiger partial charge in [-0.1, -0.05) is 6.07 Å². The molecule has 0 amide bonds. The van der Waals surface area contributed by atoms with E-state index in [1.165, 1.54) is 12.1 Å². The first-order chi connectivity index (χ1) is 9.68. The third kappa shape index (κ3) is 4.22. The molecule has 2 rings (SSSR count). The first-order valence-corrected chi connectivity index (χ1v) is 9.28. The Hall–Kier alpha value is -1.03. The minimum atomic E-state index is -4.92. The van der Waals surface area contributed by atoms with Crippen LogP contribution in [0.15, 0.2) is 34.1 Å². The van der Waals surface area contributed by atoms with E-state index >= 15 is 0 Å². The van der Waals surface area contributed by atoms with E-state index in [1.807, 2.05) is 7.05 Å². The molecule has 1 aromatic rings. The van der Waals surface area contributed by atoms with Gasteiger partial charge in [0.25, 0.3) is 0 Å². The van der Waals surface area contributed by atoms with Crippen LogP contribution in [-0.4, -0.2) is 48.4 Å². The van der Waals surface area contributed by atoms with Crippen molar-refractivity contribution in [1.29, 1.82) is 0 Å². The van der Waals surface area contributed by atoms with E-state index in [9.17, 15) is 20.7 Å². The molecule has 1 fully saturated rings. The molecule has 0 saturated carbocycles. The van der Waals surface area contributed by atoms with E-state index in [0.29, 0.717) is 0 Å². The van der Waals surface area contributed by atoms with Crippen molar-refractivity contribution in [2.24, 2.45) is 5.92 Å². The van der Waals surface area contributed by atoms with Crippen LogP contribution < -0.4 is 4.72 Å². The summed E-state index contributed by atoms with van der Waals surface area (Å²) in [5.74, 6) is 0.220. The fraction of sp³-hybridized carbons (Fsp3) is 0.500. The quantitative estimate of drug-likeness (QED) is 0.795. The van der Waals surface area contributed by atoms with Crippen molar-refractivity contribution in [2.75, 3.05) is 26.7 Å². The van der Waals surface area contributed by atoms with Crippen LogP contribution in [0.3, 0.4) is 0 Å². The van der Waals surface area contributed by atoms with Crippen molar-refractivity contribution < 1.29 is 20.7 Å². The Morgan fingerprint density at radius 1 is 1.29 bits per heavy atom. The third-order valence-electron chi connectivity index (χ3n) is 3.45. The maximum atomic E-state index is 12.9. The van der Waals surface area contributed by atoms with E-state index in [0.717, 1.165) is 31.6 Å². The zero-order valence-corrected chi connectivity index (χ0v) is 13.1. The van der Waals surface area contributed by atoms with E-state index < -0.39 is 25.1 Å². The number of nitrogens with one attached hydrogen (secondary N) is 1. The number of halogens is 1. The van der Waals surface area contributed by atoms with Crippen LogP contribution in [0.25, 0.3) is 0 Å². The average molecular weight is 336 g/mol. The summed E-state index contributed by atoms with van der Waals surface area (Å²) in [4.78, 5) is 1.19. The monoisotopic (exact) mass is 336 g/mol. The van der Waals surface area contributed by atoms with Gasteiger partial charge in [-0.2, -0.15) is 8.42 Å².